The minimum Gasteiger partial charge on any atom is -0.371 e. The van der Waals surface area contributed by atoms with E-state index >= 15 is 0 Å². The Balaban J connectivity index is 0.00000182. The number of primary amides is 1. The standard InChI is InChI=1S/C19H28N4O2.2ClH/c20-19(25)15-7-10-23(11-8-15)17-3-1-2-16(12-17)22-18(24)5-4-14-6-9-21-13-14;;/h1-3,12,14-15,21H,4-11,13H2,(H2,20,25)(H,22,24);2*1H. The topological polar surface area (TPSA) is 87.5 Å². The van der Waals surface area contributed by atoms with Gasteiger partial charge in [0.15, 0.2) is 0 Å². The second-order valence-corrected chi connectivity index (χ2v) is 7.16. The van der Waals surface area contributed by atoms with E-state index in [2.05, 4.69) is 15.5 Å². The molecule has 2 fully saturated rings. The van der Waals surface area contributed by atoms with Gasteiger partial charge >= 0.3 is 0 Å². The van der Waals surface area contributed by atoms with Crippen LogP contribution >= 0.6 is 24.8 Å². The molecule has 3 rings (SSSR count). The number of nitrogens with one attached hydrogen (secondary N) is 2. The fourth-order valence-corrected chi connectivity index (χ4v) is 3.72. The molecule has 1 unspecified atom stereocenters. The third-order valence-electron chi connectivity index (χ3n) is 5.33. The van der Waals surface area contributed by atoms with Crippen LogP contribution in [0.4, 0.5) is 11.4 Å². The van der Waals surface area contributed by atoms with E-state index in [-0.39, 0.29) is 42.5 Å². The number of nitrogens with two attached hydrogens (primary N) is 1. The highest BCUT2D eigenvalue weighted by molar-refractivity contribution is 5.91. The third-order valence-corrected chi connectivity index (χ3v) is 5.33. The number of benzene rings is 1. The monoisotopic (exact) mass is 416 g/mol. The molecule has 0 radical (unpaired) electrons. The molecule has 0 bridgehead atoms. The van der Waals surface area contributed by atoms with Crippen LogP contribution in [0.25, 0.3) is 0 Å². The molecule has 2 heterocycles. The summed E-state index contributed by atoms with van der Waals surface area (Å²) >= 11 is 0. The van der Waals surface area contributed by atoms with Crippen LogP contribution < -0.4 is 21.3 Å². The van der Waals surface area contributed by atoms with Gasteiger partial charge in [-0.05, 0) is 62.9 Å². The first-order chi connectivity index (χ1) is 12.1. The normalized spacial score (nSPS) is 19.7. The third kappa shape index (κ3) is 6.87. The fourth-order valence-electron chi connectivity index (χ4n) is 3.72. The predicted molar refractivity (Wildman–Crippen MR) is 114 cm³/mol. The number of piperidine rings is 1. The molecular weight excluding hydrogens is 387 g/mol. The highest BCUT2D eigenvalue weighted by Crippen LogP contribution is 2.25. The number of hydrogen-bond acceptors (Lipinski definition) is 4. The summed E-state index contributed by atoms with van der Waals surface area (Å²) in [6.45, 7) is 3.74. The Morgan fingerprint density at radius 3 is 2.56 bits per heavy atom. The SMILES string of the molecule is Cl.Cl.NC(=O)C1CCN(c2cccc(NC(=O)CCC3CCNC3)c2)CC1. The highest BCUT2D eigenvalue weighted by Gasteiger charge is 2.23. The van der Waals surface area contributed by atoms with Crippen molar-refractivity contribution in [1.29, 1.82) is 0 Å². The summed E-state index contributed by atoms with van der Waals surface area (Å²) < 4.78 is 0. The number of nitrogens with zero attached hydrogens (tertiary/aromatic N) is 1. The Labute approximate surface area is 173 Å². The molecule has 2 saturated heterocycles. The summed E-state index contributed by atoms with van der Waals surface area (Å²) in [6.07, 6.45) is 4.27. The smallest absolute Gasteiger partial charge is 0.224 e. The molecule has 2 aliphatic rings. The van der Waals surface area contributed by atoms with Crippen molar-refractivity contribution in [3.8, 4) is 0 Å². The van der Waals surface area contributed by atoms with Crippen molar-refractivity contribution in [2.45, 2.75) is 32.1 Å². The van der Waals surface area contributed by atoms with Gasteiger partial charge in [-0.2, -0.15) is 0 Å². The lowest BCUT2D eigenvalue weighted by atomic mass is 9.96. The minimum absolute atomic E-state index is 0. The minimum atomic E-state index is -0.196. The maximum absolute atomic E-state index is 12.2. The summed E-state index contributed by atoms with van der Waals surface area (Å²) in [6, 6.07) is 7.95. The first-order valence-electron chi connectivity index (χ1n) is 9.26. The van der Waals surface area contributed by atoms with Gasteiger partial charge in [-0.25, -0.2) is 0 Å². The van der Waals surface area contributed by atoms with Crippen molar-refractivity contribution in [3.05, 3.63) is 24.3 Å². The summed E-state index contributed by atoms with van der Waals surface area (Å²) in [5.41, 5.74) is 7.32. The number of rotatable bonds is 6. The molecule has 2 amide bonds. The molecule has 8 heteroatoms. The van der Waals surface area contributed by atoms with E-state index < -0.39 is 0 Å². The largest absolute Gasteiger partial charge is 0.371 e. The van der Waals surface area contributed by atoms with E-state index in [4.69, 9.17) is 5.73 Å². The van der Waals surface area contributed by atoms with Gasteiger partial charge < -0.3 is 21.3 Å². The number of anilines is 2. The van der Waals surface area contributed by atoms with E-state index in [0.29, 0.717) is 12.3 Å². The fraction of sp³-hybridized carbons (Fsp3) is 0.579. The van der Waals surface area contributed by atoms with Gasteiger partial charge in [-0.3, -0.25) is 9.59 Å². The van der Waals surface area contributed by atoms with Crippen LogP contribution in [0.15, 0.2) is 24.3 Å². The van der Waals surface area contributed by atoms with Crippen LogP contribution in [-0.4, -0.2) is 38.0 Å². The molecule has 2 aliphatic heterocycles. The first kappa shape index (κ1) is 23.5. The van der Waals surface area contributed by atoms with Crippen LogP contribution in [0, 0.1) is 11.8 Å². The maximum atomic E-state index is 12.2. The van der Waals surface area contributed by atoms with E-state index in [1.807, 2.05) is 24.3 Å². The lowest BCUT2D eigenvalue weighted by molar-refractivity contribution is -0.122. The molecule has 152 valence electrons. The Hall–Kier alpha value is -1.50. The maximum Gasteiger partial charge on any atom is 0.224 e. The zero-order chi connectivity index (χ0) is 17.6. The first-order valence-corrected chi connectivity index (χ1v) is 9.26. The van der Waals surface area contributed by atoms with Crippen molar-refractivity contribution >= 4 is 48.0 Å². The quantitative estimate of drug-likeness (QED) is 0.664. The number of carbonyl (C=O) groups excluding carboxylic acids is 2. The predicted octanol–water partition coefficient (Wildman–Crippen LogP) is 2.56. The van der Waals surface area contributed by atoms with Gasteiger partial charge in [0, 0.05) is 36.8 Å². The van der Waals surface area contributed by atoms with Gasteiger partial charge in [-0.1, -0.05) is 6.07 Å². The van der Waals surface area contributed by atoms with E-state index in [0.717, 1.165) is 56.8 Å². The average molecular weight is 417 g/mol. The van der Waals surface area contributed by atoms with Gasteiger partial charge in [0.1, 0.15) is 0 Å². The molecule has 0 spiro atoms. The second-order valence-electron chi connectivity index (χ2n) is 7.16. The van der Waals surface area contributed by atoms with Crippen LogP contribution in [0.5, 0.6) is 0 Å². The van der Waals surface area contributed by atoms with Gasteiger partial charge in [0.25, 0.3) is 0 Å². The molecule has 0 saturated carbocycles. The summed E-state index contributed by atoms with van der Waals surface area (Å²) in [5.74, 6) is 0.502. The van der Waals surface area contributed by atoms with Crippen molar-refractivity contribution in [2.24, 2.45) is 17.6 Å². The van der Waals surface area contributed by atoms with Crippen LogP contribution in [0.1, 0.15) is 32.1 Å². The van der Waals surface area contributed by atoms with E-state index in [9.17, 15) is 9.59 Å². The van der Waals surface area contributed by atoms with Gasteiger partial charge in [-0.15, -0.1) is 24.8 Å². The Morgan fingerprint density at radius 2 is 1.93 bits per heavy atom. The van der Waals surface area contributed by atoms with E-state index in [1.165, 1.54) is 6.42 Å². The van der Waals surface area contributed by atoms with E-state index in [1.54, 1.807) is 0 Å². The Bertz CT molecular complexity index is 615. The zero-order valence-corrected chi connectivity index (χ0v) is 17.1. The van der Waals surface area contributed by atoms with Crippen molar-refractivity contribution < 1.29 is 9.59 Å². The van der Waals surface area contributed by atoms with Crippen LogP contribution in [0.3, 0.4) is 0 Å². The van der Waals surface area contributed by atoms with Crippen molar-refractivity contribution in [1.82, 2.24) is 5.32 Å². The summed E-state index contributed by atoms with van der Waals surface area (Å²) in [4.78, 5) is 25.7. The number of halogens is 2. The Morgan fingerprint density at radius 1 is 1.19 bits per heavy atom. The lowest BCUT2D eigenvalue weighted by Crippen LogP contribution is -2.38. The molecule has 0 aromatic heterocycles. The number of amides is 2. The number of carbonyl (C=O) groups is 2. The van der Waals surface area contributed by atoms with Crippen molar-refractivity contribution in [2.75, 3.05) is 36.4 Å². The molecule has 6 nitrogen and oxygen atoms in total. The van der Waals surface area contributed by atoms with Crippen LogP contribution in [0.2, 0.25) is 0 Å². The lowest BCUT2D eigenvalue weighted by Gasteiger charge is -2.32. The molecule has 27 heavy (non-hydrogen) atoms. The van der Waals surface area contributed by atoms with Crippen molar-refractivity contribution in [3.63, 3.8) is 0 Å². The Kier molecular flexibility index (Phi) is 9.91. The molecule has 1 aromatic carbocycles. The second kappa shape index (κ2) is 11.4. The molecule has 0 aliphatic carbocycles. The molecule has 1 aromatic rings. The summed E-state index contributed by atoms with van der Waals surface area (Å²) in [5, 5.41) is 6.35. The van der Waals surface area contributed by atoms with Gasteiger partial charge in [0.05, 0.1) is 0 Å². The van der Waals surface area contributed by atoms with Crippen LogP contribution in [-0.2, 0) is 9.59 Å². The molecule has 1 atom stereocenters. The summed E-state index contributed by atoms with van der Waals surface area (Å²) in [7, 11) is 0. The van der Waals surface area contributed by atoms with Gasteiger partial charge in [0.2, 0.25) is 11.8 Å². The molecular formula is C19H30Cl2N4O2. The number of hydrogen-bond donors (Lipinski definition) is 3. The highest BCUT2D eigenvalue weighted by atomic mass is 35.5. The average Bonchev–Trinajstić information content (AvgIpc) is 3.14. The zero-order valence-electron chi connectivity index (χ0n) is 15.5. The molecule has 4 N–H and O–H groups in total.